The van der Waals surface area contributed by atoms with Crippen molar-refractivity contribution in [3.05, 3.63) is 112 Å². The van der Waals surface area contributed by atoms with Crippen molar-refractivity contribution in [3.8, 4) is 0 Å². The van der Waals surface area contributed by atoms with Crippen LogP contribution in [0.25, 0.3) is 5.57 Å². The van der Waals surface area contributed by atoms with Crippen LogP contribution in [0.2, 0.25) is 0 Å². The number of carbonyl (C=O) groups excluding carboxylic acids is 1. The van der Waals surface area contributed by atoms with Gasteiger partial charge in [0.2, 0.25) is 0 Å². The topological polar surface area (TPSA) is 58.9 Å². The second kappa shape index (κ2) is 11.4. The molecule has 158 valence electrons. The van der Waals surface area contributed by atoms with E-state index in [0.29, 0.717) is 6.42 Å². The Kier molecular flexibility index (Phi) is 8.33. The molecule has 3 aromatic carbocycles. The number of benzene rings is 3. The van der Waals surface area contributed by atoms with E-state index in [0.717, 1.165) is 32.4 Å². The molecule has 0 aliphatic rings. The largest absolute Gasteiger partial charge is 0.467 e. The number of aliphatic hydroxyl groups excluding tert-OH is 1. The summed E-state index contributed by atoms with van der Waals surface area (Å²) in [6.07, 6.45) is 2.15. The Labute approximate surface area is 191 Å². The van der Waals surface area contributed by atoms with E-state index >= 15 is 0 Å². The van der Waals surface area contributed by atoms with E-state index in [1.54, 1.807) is 0 Å². The van der Waals surface area contributed by atoms with Crippen LogP contribution >= 0.6 is 15.9 Å². The summed E-state index contributed by atoms with van der Waals surface area (Å²) in [5.41, 5.74) is 4.17. The van der Waals surface area contributed by atoms with Crippen LogP contribution < -0.4 is 0 Å². The molecule has 0 aliphatic heterocycles. The normalized spacial score (nSPS) is 12.2. The molecule has 3 aromatic rings. The molecule has 5 heteroatoms. The predicted molar refractivity (Wildman–Crippen MR) is 128 cm³/mol. The van der Waals surface area contributed by atoms with Gasteiger partial charge in [0.05, 0.1) is 19.4 Å². The van der Waals surface area contributed by atoms with Gasteiger partial charge in [0.15, 0.2) is 6.04 Å². The second-order valence-electron chi connectivity index (χ2n) is 6.88. The van der Waals surface area contributed by atoms with E-state index in [9.17, 15) is 9.90 Å². The Hall–Kier alpha value is -3.02. The average molecular weight is 478 g/mol. The van der Waals surface area contributed by atoms with Crippen LogP contribution in [0.15, 0.2) is 100 Å². The van der Waals surface area contributed by atoms with E-state index in [2.05, 4.69) is 15.9 Å². The molecule has 4 nitrogen and oxygen atoms in total. The van der Waals surface area contributed by atoms with Crippen LogP contribution in [0, 0.1) is 0 Å². The lowest BCUT2D eigenvalue weighted by Crippen LogP contribution is -2.22. The Balaban J connectivity index is 2.00. The number of hydrogen-bond donors (Lipinski definition) is 1. The zero-order valence-corrected chi connectivity index (χ0v) is 18.8. The quantitative estimate of drug-likeness (QED) is 0.354. The molecule has 1 atom stereocenters. The van der Waals surface area contributed by atoms with E-state index in [1.165, 1.54) is 7.11 Å². The zero-order chi connectivity index (χ0) is 22.1. The molecule has 0 spiro atoms. The minimum Gasteiger partial charge on any atom is -0.467 e. The van der Waals surface area contributed by atoms with Crippen molar-refractivity contribution in [1.29, 1.82) is 0 Å². The highest BCUT2D eigenvalue weighted by Crippen LogP contribution is 2.21. The molecule has 31 heavy (non-hydrogen) atoms. The summed E-state index contributed by atoms with van der Waals surface area (Å²) >= 11 is 3.45. The SMILES string of the molecule is COC(=O)C(C/C=C(\CO)c1cccc(Br)c1)N=C(c1ccccc1)c1ccccc1. The van der Waals surface area contributed by atoms with Crippen LogP contribution in [-0.4, -0.2) is 36.5 Å². The second-order valence-corrected chi connectivity index (χ2v) is 7.80. The third kappa shape index (κ3) is 6.23. The van der Waals surface area contributed by atoms with Crippen molar-refractivity contribution in [2.45, 2.75) is 12.5 Å². The predicted octanol–water partition coefficient (Wildman–Crippen LogP) is 5.29. The number of ether oxygens (including phenoxy) is 1. The number of rotatable bonds is 8. The highest BCUT2D eigenvalue weighted by atomic mass is 79.9. The number of esters is 1. The number of carbonyl (C=O) groups is 1. The summed E-state index contributed by atoms with van der Waals surface area (Å²) in [6.45, 7) is -0.141. The van der Waals surface area contributed by atoms with Gasteiger partial charge in [-0.3, -0.25) is 4.99 Å². The van der Waals surface area contributed by atoms with Crippen molar-refractivity contribution in [2.24, 2.45) is 4.99 Å². The maximum Gasteiger partial charge on any atom is 0.330 e. The minimum absolute atomic E-state index is 0.141. The van der Waals surface area contributed by atoms with Gasteiger partial charge in [0.25, 0.3) is 0 Å². The third-order valence-electron chi connectivity index (χ3n) is 4.81. The Morgan fingerprint density at radius 3 is 2.06 bits per heavy atom. The van der Waals surface area contributed by atoms with Gasteiger partial charge < -0.3 is 9.84 Å². The van der Waals surface area contributed by atoms with Gasteiger partial charge in [-0.05, 0) is 29.7 Å². The van der Waals surface area contributed by atoms with Gasteiger partial charge >= 0.3 is 5.97 Å². The Morgan fingerprint density at radius 1 is 0.968 bits per heavy atom. The summed E-state index contributed by atoms with van der Waals surface area (Å²) in [5.74, 6) is -0.424. The zero-order valence-electron chi connectivity index (χ0n) is 17.2. The van der Waals surface area contributed by atoms with E-state index < -0.39 is 12.0 Å². The summed E-state index contributed by atoms with van der Waals surface area (Å²) in [7, 11) is 1.36. The van der Waals surface area contributed by atoms with Crippen molar-refractivity contribution >= 4 is 33.2 Å². The molecule has 1 N–H and O–H groups in total. The van der Waals surface area contributed by atoms with Crippen LogP contribution in [0.4, 0.5) is 0 Å². The molecule has 0 saturated heterocycles. The standard InChI is InChI=1S/C26H24BrNO3/c1-31-26(30)24(16-15-22(18-29)21-13-8-14-23(27)17-21)28-25(19-9-4-2-5-10-19)20-11-6-3-7-12-20/h2-15,17,24,29H,16,18H2,1H3/b22-15+. The number of hydrogen-bond acceptors (Lipinski definition) is 4. The van der Waals surface area contributed by atoms with Crippen molar-refractivity contribution in [2.75, 3.05) is 13.7 Å². The maximum atomic E-state index is 12.6. The van der Waals surface area contributed by atoms with Gasteiger partial charge in [-0.2, -0.15) is 0 Å². The first-order chi connectivity index (χ1) is 15.1. The molecule has 0 amide bonds. The summed E-state index contributed by atoms with van der Waals surface area (Å²) in [4.78, 5) is 17.4. The first-order valence-electron chi connectivity index (χ1n) is 9.94. The fourth-order valence-electron chi connectivity index (χ4n) is 3.22. The molecular formula is C26H24BrNO3. The number of aliphatic hydroxyl groups is 1. The van der Waals surface area contributed by atoms with E-state index in [4.69, 9.17) is 9.73 Å². The molecule has 0 aromatic heterocycles. The lowest BCUT2D eigenvalue weighted by atomic mass is 10.0. The molecule has 0 saturated carbocycles. The molecule has 3 rings (SSSR count). The van der Waals surface area contributed by atoms with Gasteiger partial charge in [0.1, 0.15) is 0 Å². The molecule has 0 heterocycles. The van der Waals surface area contributed by atoms with Gasteiger partial charge in [-0.1, -0.05) is 94.8 Å². The monoisotopic (exact) mass is 477 g/mol. The maximum absolute atomic E-state index is 12.6. The number of halogens is 1. The van der Waals surface area contributed by atoms with Gasteiger partial charge in [0, 0.05) is 15.6 Å². The number of aliphatic imine (C=N–C) groups is 1. The third-order valence-corrected chi connectivity index (χ3v) is 5.30. The lowest BCUT2D eigenvalue weighted by Gasteiger charge is -2.14. The molecule has 0 radical (unpaired) electrons. The summed E-state index contributed by atoms with van der Waals surface area (Å²) in [6, 6.07) is 26.5. The van der Waals surface area contributed by atoms with Gasteiger partial charge in [-0.15, -0.1) is 0 Å². The number of methoxy groups -OCH3 is 1. The molecule has 0 fully saturated rings. The van der Waals surface area contributed by atoms with Gasteiger partial charge in [-0.25, -0.2) is 4.79 Å². The molecule has 0 bridgehead atoms. The fourth-order valence-corrected chi connectivity index (χ4v) is 3.62. The first kappa shape index (κ1) is 22.7. The van der Waals surface area contributed by atoms with Crippen molar-refractivity contribution in [1.82, 2.24) is 0 Å². The van der Waals surface area contributed by atoms with Crippen molar-refractivity contribution < 1.29 is 14.6 Å². The first-order valence-corrected chi connectivity index (χ1v) is 10.7. The number of nitrogens with zero attached hydrogens (tertiary/aromatic N) is 1. The summed E-state index contributed by atoms with van der Waals surface area (Å²) in [5, 5.41) is 9.88. The fraction of sp³-hybridized carbons (Fsp3) is 0.154. The molecule has 1 unspecified atom stereocenters. The Morgan fingerprint density at radius 2 is 1.55 bits per heavy atom. The minimum atomic E-state index is -0.742. The lowest BCUT2D eigenvalue weighted by molar-refractivity contribution is -0.141. The average Bonchev–Trinajstić information content (AvgIpc) is 2.82. The highest BCUT2D eigenvalue weighted by Gasteiger charge is 2.20. The van der Waals surface area contributed by atoms with Crippen LogP contribution in [0.3, 0.4) is 0 Å². The molecule has 0 aliphatic carbocycles. The smallest absolute Gasteiger partial charge is 0.330 e. The van der Waals surface area contributed by atoms with Crippen LogP contribution in [0.1, 0.15) is 23.1 Å². The van der Waals surface area contributed by atoms with Crippen molar-refractivity contribution in [3.63, 3.8) is 0 Å². The molecular weight excluding hydrogens is 454 g/mol. The van der Waals surface area contributed by atoms with E-state index in [-0.39, 0.29) is 6.61 Å². The Bertz CT molecular complexity index is 1020. The summed E-state index contributed by atoms with van der Waals surface area (Å²) < 4.78 is 5.95. The van der Waals surface area contributed by atoms with Crippen LogP contribution in [-0.2, 0) is 9.53 Å². The van der Waals surface area contributed by atoms with E-state index in [1.807, 2.05) is 91.0 Å². The highest BCUT2D eigenvalue weighted by molar-refractivity contribution is 9.10. The van der Waals surface area contributed by atoms with Crippen LogP contribution in [0.5, 0.6) is 0 Å².